The Morgan fingerprint density at radius 2 is 1.91 bits per heavy atom. The number of pyridine rings is 1. The Morgan fingerprint density at radius 1 is 1.22 bits per heavy atom. The third kappa shape index (κ3) is 2.84. The lowest BCUT2D eigenvalue weighted by atomic mass is 10.1. The van der Waals surface area contributed by atoms with Gasteiger partial charge in [-0.2, -0.15) is 0 Å². The van der Waals surface area contributed by atoms with Crippen LogP contribution in [0.1, 0.15) is 12.5 Å². The van der Waals surface area contributed by atoms with E-state index < -0.39 is 0 Å². The van der Waals surface area contributed by atoms with Crippen LogP contribution in [0, 0.1) is 5.82 Å². The first kappa shape index (κ1) is 16.0. The van der Waals surface area contributed by atoms with Crippen molar-refractivity contribution < 1.29 is 9.50 Å². The van der Waals surface area contributed by atoms with Crippen molar-refractivity contribution in [2.24, 2.45) is 0 Å². The van der Waals surface area contributed by atoms with E-state index in [1.807, 2.05) is 16.4 Å². The fourth-order valence-electron chi connectivity index (χ4n) is 3.12. The molecule has 5 nitrogen and oxygen atoms in total. The first-order valence-corrected chi connectivity index (χ1v) is 7.95. The van der Waals surface area contributed by atoms with Gasteiger partial charge in [-0.15, -0.1) is 0 Å². The van der Waals surface area contributed by atoms with E-state index in [0.29, 0.717) is 28.7 Å². The van der Waals surface area contributed by atoms with E-state index in [2.05, 4.69) is 11.9 Å². The molecular weight excluding hydrogens is 297 g/mol. The van der Waals surface area contributed by atoms with Crippen molar-refractivity contribution >= 4 is 16.6 Å². The number of hydrogen-bond acceptors (Lipinski definition) is 4. The summed E-state index contributed by atoms with van der Waals surface area (Å²) in [5.74, 6) is -0.378. The SMILES string of the molecule is CCn1cc(CO)c(=O)c2cc(F)c(N3CCN(C)CC3)cc21. The topological polar surface area (TPSA) is 48.7 Å². The number of benzene rings is 1. The van der Waals surface area contributed by atoms with E-state index in [1.54, 1.807) is 12.3 Å². The molecule has 1 aliphatic rings. The molecule has 0 saturated carbocycles. The van der Waals surface area contributed by atoms with Crippen LogP contribution in [0.2, 0.25) is 0 Å². The summed E-state index contributed by atoms with van der Waals surface area (Å²) in [6.07, 6.45) is 1.66. The minimum atomic E-state index is -0.378. The zero-order valence-corrected chi connectivity index (χ0v) is 13.5. The van der Waals surface area contributed by atoms with Crippen molar-refractivity contribution in [1.82, 2.24) is 9.47 Å². The predicted octanol–water partition coefficient (Wildman–Crippen LogP) is 1.40. The molecule has 0 amide bonds. The maximum absolute atomic E-state index is 14.6. The van der Waals surface area contributed by atoms with Gasteiger partial charge >= 0.3 is 0 Å². The maximum Gasteiger partial charge on any atom is 0.194 e. The number of rotatable bonds is 3. The fourth-order valence-corrected chi connectivity index (χ4v) is 3.12. The van der Waals surface area contributed by atoms with Gasteiger partial charge in [-0.1, -0.05) is 0 Å². The van der Waals surface area contributed by atoms with Gasteiger partial charge in [0.25, 0.3) is 0 Å². The third-order valence-electron chi connectivity index (χ3n) is 4.58. The zero-order valence-electron chi connectivity index (χ0n) is 13.5. The summed E-state index contributed by atoms with van der Waals surface area (Å²) < 4.78 is 16.5. The number of anilines is 1. The van der Waals surface area contributed by atoms with Gasteiger partial charge in [0.1, 0.15) is 5.82 Å². The highest BCUT2D eigenvalue weighted by atomic mass is 19.1. The molecule has 1 aromatic heterocycles. The molecule has 2 aromatic rings. The summed E-state index contributed by atoms with van der Waals surface area (Å²) in [5.41, 5.74) is 1.26. The standard InChI is InChI=1S/C17H22FN3O2/c1-3-20-10-12(11-22)17(23)13-8-14(18)16(9-15(13)20)21-6-4-19(2)5-7-21/h8-10,22H,3-7,11H2,1-2H3. The van der Waals surface area contributed by atoms with Crippen molar-refractivity contribution in [3.8, 4) is 0 Å². The van der Waals surface area contributed by atoms with Crippen LogP contribution in [0.4, 0.5) is 10.1 Å². The Kier molecular flexibility index (Phi) is 4.37. The lowest BCUT2D eigenvalue weighted by Crippen LogP contribution is -2.44. The summed E-state index contributed by atoms with van der Waals surface area (Å²) in [4.78, 5) is 16.6. The number of hydrogen-bond donors (Lipinski definition) is 1. The van der Waals surface area contributed by atoms with E-state index in [1.165, 1.54) is 6.07 Å². The van der Waals surface area contributed by atoms with Crippen LogP contribution in [0.5, 0.6) is 0 Å². The van der Waals surface area contributed by atoms with E-state index in [0.717, 1.165) is 26.2 Å². The summed E-state index contributed by atoms with van der Waals surface area (Å²) in [7, 11) is 2.05. The molecule has 2 heterocycles. The highest BCUT2D eigenvalue weighted by Crippen LogP contribution is 2.26. The van der Waals surface area contributed by atoms with Gasteiger partial charge in [-0.05, 0) is 26.1 Å². The molecule has 1 saturated heterocycles. The Labute approximate surface area is 134 Å². The number of likely N-dealkylation sites (N-methyl/N-ethyl adjacent to an activating group) is 1. The van der Waals surface area contributed by atoms with Crippen LogP contribution in [0.15, 0.2) is 23.1 Å². The number of piperazine rings is 1. The molecule has 0 unspecified atom stereocenters. The van der Waals surface area contributed by atoms with Crippen molar-refractivity contribution in [2.45, 2.75) is 20.1 Å². The Bertz CT molecular complexity index is 779. The first-order chi connectivity index (χ1) is 11.0. The van der Waals surface area contributed by atoms with Gasteiger partial charge in [0.05, 0.1) is 17.8 Å². The van der Waals surface area contributed by atoms with E-state index in [9.17, 15) is 14.3 Å². The largest absolute Gasteiger partial charge is 0.391 e. The van der Waals surface area contributed by atoms with Crippen LogP contribution in [-0.2, 0) is 13.2 Å². The molecule has 0 aliphatic carbocycles. The zero-order chi connectivity index (χ0) is 16.6. The minimum absolute atomic E-state index is 0.295. The Balaban J connectivity index is 2.15. The molecule has 0 bridgehead atoms. The second kappa shape index (κ2) is 6.29. The lowest BCUT2D eigenvalue weighted by Gasteiger charge is -2.34. The average Bonchev–Trinajstić information content (AvgIpc) is 2.56. The predicted molar refractivity (Wildman–Crippen MR) is 89.5 cm³/mol. The summed E-state index contributed by atoms with van der Waals surface area (Å²) in [6, 6.07) is 3.08. The van der Waals surface area contributed by atoms with E-state index in [-0.39, 0.29) is 17.9 Å². The molecule has 0 spiro atoms. The second-order valence-corrected chi connectivity index (χ2v) is 6.04. The first-order valence-electron chi connectivity index (χ1n) is 7.95. The lowest BCUT2D eigenvalue weighted by molar-refractivity contribution is 0.280. The van der Waals surface area contributed by atoms with Crippen LogP contribution < -0.4 is 10.3 Å². The van der Waals surface area contributed by atoms with Crippen LogP contribution in [0.25, 0.3) is 10.9 Å². The summed E-state index contributed by atoms with van der Waals surface area (Å²) in [6.45, 7) is 5.59. The molecule has 3 rings (SSSR count). The van der Waals surface area contributed by atoms with Gasteiger partial charge in [-0.3, -0.25) is 4.79 Å². The molecule has 1 N–H and O–H groups in total. The molecule has 0 atom stereocenters. The van der Waals surface area contributed by atoms with Crippen LogP contribution in [-0.4, -0.2) is 47.8 Å². The smallest absolute Gasteiger partial charge is 0.194 e. The van der Waals surface area contributed by atoms with Crippen molar-refractivity contribution in [2.75, 3.05) is 38.1 Å². The third-order valence-corrected chi connectivity index (χ3v) is 4.58. The molecule has 23 heavy (non-hydrogen) atoms. The van der Waals surface area contributed by atoms with Gasteiger partial charge in [0, 0.05) is 49.9 Å². The molecule has 1 aromatic carbocycles. The summed E-state index contributed by atoms with van der Waals surface area (Å²) in [5, 5.41) is 9.66. The van der Waals surface area contributed by atoms with Crippen LogP contribution >= 0.6 is 0 Å². The van der Waals surface area contributed by atoms with E-state index in [4.69, 9.17) is 0 Å². The highest BCUT2D eigenvalue weighted by Gasteiger charge is 2.19. The van der Waals surface area contributed by atoms with Gasteiger partial charge in [-0.25, -0.2) is 4.39 Å². The minimum Gasteiger partial charge on any atom is -0.391 e. The van der Waals surface area contributed by atoms with E-state index >= 15 is 0 Å². The molecule has 1 aliphatic heterocycles. The average molecular weight is 319 g/mol. The normalized spacial score (nSPS) is 16.3. The fraction of sp³-hybridized carbons (Fsp3) is 0.471. The monoisotopic (exact) mass is 319 g/mol. The molecule has 0 radical (unpaired) electrons. The Morgan fingerprint density at radius 3 is 2.52 bits per heavy atom. The molecular formula is C17H22FN3O2. The van der Waals surface area contributed by atoms with Crippen molar-refractivity contribution in [3.05, 3.63) is 39.9 Å². The second-order valence-electron chi connectivity index (χ2n) is 6.04. The number of fused-ring (bicyclic) bond motifs is 1. The number of aromatic nitrogens is 1. The molecule has 124 valence electrons. The summed E-state index contributed by atoms with van der Waals surface area (Å²) >= 11 is 0. The van der Waals surface area contributed by atoms with Crippen molar-refractivity contribution in [1.29, 1.82) is 0 Å². The van der Waals surface area contributed by atoms with Crippen LogP contribution in [0.3, 0.4) is 0 Å². The Hall–Kier alpha value is -1.92. The molecule has 6 heteroatoms. The number of aliphatic hydroxyl groups excluding tert-OH is 1. The molecule has 1 fully saturated rings. The number of aryl methyl sites for hydroxylation is 1. The number of nitrogens with zero attached hydrogens (tertiary/aromatic N) is 3. The number of halogens is 1. The van der Waals surface area contributed by atoms with Crippen molar-refractivity contribution in [3.63, 3.8) is 0 Å². The van der Waals surface area contributed by atoms with Gasteiger partial charge < -0.3 is 19.5 Å². The van der Waals surface area contributed by atoms with Gasteiger partial charge in [0.15, 0.2) is 5.43 Å². The quantitative estimate of drug-likeness (QED) is 0.929. The number of aliphatic hydroxyl groups is 1. The highest BCUT2D eigenvalue weighted by molar-refractivity contribution is 5.83. The maximum atomic E-state index is 14.6. The van der Waals surface area contributed by atoms with Gasteiger partial charge in [0.2, 0.25) is 0 Å².